The Morgan fingerprint density at radius 3 is 2.73 bits per heavy atom. The van der Waals surface area contributed by atoms with Crippen LogP contribution < -0.4 is 15.7 Å². The predicted molar refractivity (Wildman–Crippen MR) is 138 cm³/mol. The molecule has 13 heteroatoms. The zero-order valence-electron chi connectivity index (χ0n) is 20.4. The van der Waals surface area contributed by atoms with Crippen LogP contribution in [0.15, 0.2) is 28.7 Å². The van der Waals surface area contributed by atoms with Crippen LogP contribution in [-0.4, -0.2) is 58.3 Å². The van der Waals surface area contributed by atoms with E-state index in [2.05, 4.69) is 22.4 Å². The number of aromatic nitrogens is 1. The molecule has 2 aliphatic rings. The summed E-state index contributed by atoms with van der Waals surface area (Å²) in [4.78, 5) is 46.4. The lowest BCUT2D eigenvalue weighted by Gasteiger charge is -2.28. The fourth-order valence-electron chi connectivity index (χ4n) is 4.63. The molecule has 1 aliphatic carbocycles. The second-order valence-corrected chi connectivity index (χ2v) is 10.4. The van der Waals surface area contributed by atoms with Gasteiger partial charge in [0.1, 0.15) is 11.4 Å². The number of carbonyl (C=O) groups is 3. The Morgan fingerprint density at radius 2 is 2.05 bits per heavy atom. The van der Waals surface area contributed by atoms with Crippen LogP contribution in [0, 0.1) is 5.92 Å². The number of carbonyl (C=O) groups excluding carboxylic acids is 2. The Bertz CT molecular complexity index is 1200. The summed E-state index contributed by atoms with van der Waals surface area (Å²) in [7, 11) is -1.40. The van der Waals surface area contributed by atoms with Gasteiger partial charge in [-0.15, -0.1) is 11.3 Å². The van der Waals surface area contributed by atoms with Crippen LogP contribution in [-0.2, 0) is 20.8 Å². The number of ketones is 1. The highest BCUT2D eigenvalue weighted by molar-refractivity contribution is 7.13. The molecule has 0 radical (unpaired) electrons. The second kappa shape index (κ2) is 11.7. The van der Waals surface area contributed by atoms with Gasteiger partial charge in [0.2, 0.25) is 0 Å². The molecule has 0 bridgehead atoms. The van der Waals surface area contributed by atoms with Crippen molar-refractivity contribution in [3.05, 3.63) is 40.4 Å². The second-order valence-electron chi connectivity index (χ2n) is 9.51. The van der Waals surface area contributed by atoms with E-state index < -0.39 is 24.7 Å². The van der Waals surface area contributed by atoms with E-state index in [1.807, 2.05) is 0 Å². The molecule has 1 amide bonds. The van der Waals surface area contributed by atoms with Gasteiger partial charge in [-0.1, -0.05) is 24.2 Å². The minimum absolute atomic E-state index is 0.0593. The molecule has 1 aromatic heterocycles. The number of nitrogen functional groups attached to an aromatic ring is 1. The van der Waals surface area contributed by atoms with Crippen LogP contribution >= 0.6 is 11.3 Å². The molecule has 4 rings (SSSR count). The summed E-state index contributed by atoms with van der Waals surface area (Å²) in [5.74, 6) is -1.90. The number of anilines is 1. The fourth-order valence-corrected chi connectivity index (χ4v) is 5.18. The number of nitrogens with zero attached hydrogens (tertiary/aromatic N) is 2. The van der Waals surface area contributed by atoms with E-state index >= 15 is 0 Å². The number of fused-ring (bicyclic) bond motifs is 1. The zero-order valence-corrected chi connectivity index (χ0v) is 21.2. The van der Waals surface area contributed by atoms with Gasteiger partial charge in [0, 0.05) is 23.7 Å². The first-order chi connectivity index (χ1) is 17.7. The maximum absolute atomic E-state index is 13.2. The summed E-state index contributed by atoms with van der Waals surface area (Å²) in [6.07, 6.45) is 4.00. The molecule has 1 aromatic carbocycles. The lowest BCUT2D eigenvalue weighted by molar-refractivity contribution is -0.126. The number of thiazole rings is 1. The van der Waals surface area contributed by atoms with Crippen molar-refractivity contribution in [2.45, 2.75) is 57.3 Å². The van der Waals surface area contributed by atoms with Gasteiger partial charge < -0.3 is 30.7 Å². The largest absolute Gasteiger partial charge is 0.535 e. The first-order valence-corrected chi connectivity index (χ1v) is 13.0. The molecule has 1 saturated carbocycles. The molecule has 1 aliphatic heterocycles. The quantitative estimate of drug-likeness (QED) is 0.216. The summed E-state index contributed by atoms with van der Waals surface area (Å²) in [6.45, 7) is 1.84. The molecule has 37 heavy (non-hydrogen) atoms. The van der Waals surface area contributed by atoms with Gasteiger partial charge in [-0.2, -0.15) is 0 Å². The van der Waals surface area contributed by atoms with E-state index in [0.717, 1.165) is 37.0 Å². The highest BCUT2D eigenvalue weighted by Gasteiger charge is 2.39. The molecule has 0 unspecified atom stereocenters. The molecule has 0 saturated heterocycles. The third-order valence-electron chi connectivity index (χ3n) is 6.66. The van der Waals surface area contributed by atoms with E-state index in [-0.39, 0.29) is 59.2 Å². The van der Waals surface area contributed by atoms with Crippen molar-refractivity contribution in [2.24, 2.45) is 11.1 Å². The number of oxime groups is 1. The van der Waals surface area contributed by atoms with Crippen LogP contribution in [0.3, 0.4) is 0 Å². The van der Waals surface area contributed by atoms with Gasteiger partial charge >= 0.3 is 13.1 Å². The maximum atomic E-state index is 13.2. The molecule has 196 valence electrons. The van der Waals surface area contributed by atoms with E-state index in [1.54, 1.807) is 17.5 Å². The van der Waals surface area contributed by atoms with Crippen LogP contribution in [0.4, 0.5) is 5.13 Å². The number of rotatable bonds is 9. The van der Waals surface area contributed by atoms with Crippen LogP contribution in [0.2, 0.25) is 5.82 Å². The summed E-state index contributed by atoms with van der Waals surface area (Å²) >= 11 is 1.12. The normalized spacial score (nSPS) is 21.5. The monoisotopic (exact) mass is 528 g/mol. The average Bonchev–Trinajstić information content (AvgIpc) is 3.29. The van der Waals surface area contributed by atoms with Crippen molar-refractivity contribution < 1.29 is 34.0 Å². The molecular formula is C24H29BN4O7S. The van der Waals surface area contributed by atoms with Gasteiger partial charge in [-0.05, 0) is 49.7 Å². The van der Waals surface area contributed by atoms with E-state index in [1.165, 1.54) is 6.07 Å². The summed E-state index contributed by atoms with van der Waals surface area (Å²) in [5.41, 5.74) is 6.33. The number of aromatic carboxylic acids is 1. The predicted octanol–water partition coefficient (Wildman–Crippen LogP) is 2.28. The third-order valence-corrected chi connectivity index (χ3v) is 7.33. The van der Waals surface area contributed by atoms with Crippen molar-refractivity contribution >= 4 is 47.0 Å². The number of carboxylic acids is 1. The number of hydrogen-bond acceptors (Lipinski definition) is 10. The maximum Gasteiger partial charge on any atom is 0.526 e. The number of Topliss-reactive ketones (excluding diaryl/α,β-unsaturated/α-hetero) is 1. The summed E-state index contributed by atoms with van der Waals surface area (Å²) < 4.78 is 5.48. The molecule has 2 heterocycles. The number of amides is 1. The SMILES string of the molecule is CC1CCC(NC(=O)CO/N=C(\C(=O)C[C@H]2Cc3cccc(C(=O)O)c3OB2O)c2csc(N)n2)CC1. The molecule has 0 spiro atoms. The van der Waals surface area contributed by atoms with E-state index in [0.29, 0.717) is 11.5 Å². The Morgan fingerprint density at radius 1 is 1.30 bits per heavy atom. The van der Waals surface area contributed by atoms with E-state index in [9.17, 15) is 24.5 Å². The molecule has 5 N–H and O–H groups in total. The third kappa shape index (κ3) is 6.66. The minimum Gasteiger partial charge on any atom is -0.535 e. The Hall–Kier alpha value is -3.45. The average molecular weight is 528 g/mol. The van der Waals surface area contributed by atoms with Crippen LogP contribution in [0.5, 0.6) is 5.75 Å². The van der Waals surface area contributed by atoms with Crippen molar-refractivity contribution in [3.8, 4) is 5.75 Å². The summed E-state index contributed by atoms with van der Waals surface area (Å²) in [6, 6.07) is 4.77. The molecular weight excluding hydrogens is 499 g/mol. The first kappa shape index (κ1) is 26.6. The molecule has 1 atom stereocenters. The lowest BCUT2D eigenvalue weighted by atomic mass is 9.64. The highest BCUT2D eigenvalue weighted by Crippen LogP contribution is 2.36. The van der Waals surface area contributed by atoms with Gasteiger partial charge in [0.25, 0.3) is 5.91 Å². The highest BCUT2D eigenvalue weighted by atomic mass is 32.1. The minimum atomic E-state index is -1.40. The van der Waals surface area contributed by atoms with Gasteiger partial charge in [-0.3, -0.25) is 9.59 Å². The summed E-state index contributed by atoms with van der Waals surface area (Å²) in [5, 5.41) is 28.5. The van der Waals surface area contributed by atoms with Crippen molar-refractivity contribution in [2.75, 3.05) is 12.3 Å². The smallest absolute Gasteiger partial charge is 0.526 e. The number of nitrogens with two attached hydrogens (primary N) is 1. The van der Waals surface area contributed by atoms with Gasteiger partial charge in [-0.25, -0.2) is 9.78 Å². The van der Waals surface area contributed by atoms with Gasteiger partial charge in [0.05, 0.1) is 5.56 Å². The van der Waals surface area contributed by atoms with Crippen molar-refractivity contribution in [1.29, 1.82) is 0 Å². The van der Waals surface area contributed by atoms with Crippen molar-refractivity contribution in [3.63, 3.8) is 0 Å². The topological polar surface area (TPSA) is 173 Å². The number of hydrogen-bond donors (Lipinski definition) is 4. The zero-order chi connectivity index (χ0) is 26.5. The van der Waals surface area contributed by atoms with Crippen molar-refractivity contribution in [1.82, 2.24) is 10.3 Å². The number of benzene rings is 1. The molecule has 2 aromatic rings. The van der Waals surface area contributed by atoms with E-state index in [4.69, 9.17) is 15.2 Å². The standard InChI is InChI=1S/C24H29BN4O7S/c1-13-5-7-16(8-6-13)27-20(31)11-35-29-21(18-12-37-24(26)28-18)19(30)10-15-9-14-3-2-4-17(23(32)33)22(14)36-25(15)34/h2-4,12-13,15-16,34H,5-11H2,1H3,(H2,26,28)(H,27,31)(H,32,33)/b29-21-/t13?,15-,16?/m1/s1. The fraction of sp³-hybridized carbons (Fsp3) is 0.458. The van der Waals surface area contributed by atoms with Crippen LogP contribution in [0.1, 0.15) is 60.6 Å². The Balaban J connectivity index is 1.42. The Labute approximate surface area is 218 Å². The molecule has 1 fully saturated rings. The number of para-hydroxylation sites is 1. The van der Waals surface area contributed by atoms with Crippen LogP contribution in [0.25, 0.3) is 0 Å². The first-order valence-electron chi connectivity index (χ1n) is 12.1. The number of nitrogens with one attached hydrogen (secondary N) is 1. The Kier molecular flexibility index (Phi) is 8.44. The molecule has 11 nitrogen and oxygen atoms in total. The van der Waals surface area contributed by atoms with Gasteiger partial charge in [0.15, 0.2) is 23.2 Å². The lowest BCUT2D eigenvalue weighted by Crippen LogP contribution is -2.39. The number of carboxylic acid groups (broad SMARTS) is 1.